The van der Waals surface area contributed by atoms with E-state index in [1.807, 2.05) is 12.1 Å². The standard InChI is InChI=1S/C15H23ClN2/c1-3-12-7-8-18(10-12)15(11(2)17)13-5-4-6-14(16)9-13/h4-6,9,11-12,15H,3,7-8,10,17H2,1-2H3. The van der Waals surface area contributed by atoms with Gasteiger partial charge in [0.1, 0.15) is 0 Å². The Morgan fingerprint density at radius 1 is 1.50 bits per heavy atom. The maximum absolute atomic E-state index is 6.20. The maximum atomic E-state index is 6.20. The number of hydrogen-bond acceptors (Lipinski definition) is 2. The molecular weight excluding hydrogens is 244 g/mol. The van der Waals surface area contributed by atoms with E-state index in [1.54, 1.807) is 0 Å². The van der Waals surface area contributed by atoms with Crippen LogP contribution >= 0.6 is 11.6 Å². The number of halogens is 1. The van der Waals surface area contributed by atoms with E-state index in [1.165, 1.54) is 18.4 Å². The fraction of sp³-hybridized carbons (Fsp3) is 0.600. The highest BCUT2D eigenvalue weighted by Crippen LogP contribution is 2.31. The van der Waals surface area contributed by atoms with Crippen LogP contribution in [0.1, 0.15) is 38.3 Å². The van der Waals surface area contributed by atoms with Crippen LogP contribution in [0.3, 0.4) is 0 Å². The summed E-state index contributed by atoms with van der Waals surface area (Å²) in [5.74, 6) is 0.824. The van der Waals surface area contributed by atoms with E-state index in [2.05, 4.69) is 30.9 Å². The molecule has 0 radical (unpaired) electrons. The van der Waals surface area contributed by atoms with Gasteiger partial charge in [0.2, 0.25) is 0 Å². The average Bonchev–Trinajstić information content (AvgIpc) is 2.77. The Bertz CT molecular complexity index is 392. The first kappa shape index (κ1) is 13.9. The van der Waals surface area contributed by atoms with E-state index >= 15 is 0 Å². The molecule has 0 saturated carbocycles. The monoisotopic (exact) mass is 266 g/mol. The molecule has 18 heavy (non-hydrogen) atoms. The van der Waals surface area contributed by atoms with Crippen LogP contribution in [0.2, 0.25) is 5.02 Å². The van der Waals surface area contributed by atoms with E-state index in [0.29, 0.717) is 6.04 Å². The van der Waals surface area contributed by atoms with E-state index in [0.717, 1.165) is 24.0 Å². The van der Waals surface area contributed by atoms with Gasteiger partial charge in [-0.2, -0.15) is 0 Å². The molecule has 3 heteroatoms. The molecule has 3 unspecified atom stereocenters. The summed E-state index contributed by atoms with van der Waals surface area (Å²) in [6.07, 6.45) is 2.55. The van der Waals surface area contributed by atoms with Crippen molar-refractivity contribution in [2.75, 3.05) is 13.1 Å². The summed E-state index contributed by atoms with van der Waals surface area (Å²) in [6.45, 7) is 6.67. The molecule has 100 valence electrons. The second kappa shape index (κ2) is 6.05. The summed E-state index contributed by atoms with van der Waals surface area (Å²) < 4.78 is 0. The van der Waals surface area contributed by atoms with Crippen molar-refractivity contribution >= 4 is 11.6 Å². The van der Waals surface area contributed by atoms with Crippen LogP contribution < -0.4 is 5.73 Å². The summed E-state index contributed by atoms with van der Waals surface area (Å²) in [7, 11) is 0. The van der Waals surface area contributed by atoms with Crippen LogP contribution in [-0.4, -0.2) is 24.0 Å². The molecule has 1 fully saturated rings. The van der Waals surface area contributed by atoms with Gasteiger partial charge in [0.25, 0.3) is 0 Å². The van der Waals surface area contributed by atoms with Gasteiger partial charge in [0, 0.05) is 23.7 Å². The summed E-state index contributed by atoms with van der Waals surface area (Å²) in [4.78, 5) is 2.52. The molecule has 0 aromatic heterocycles. The third-order valence-electron chi connectivity index (χ3n) is 3.98. The Kier molecular flexibility index (Phi) is 4.66. The predicted molar refractivity (Wildman–Crippen MR) is 77.8 cm³/mol. The number of benzene rings is 1. The molecular formula is C15H23ClN2. The zero-order chi connectivity index (χ0) is 13.1. The summed E-state index contributed by atoms with van der Waals surface area (Å²) in [5, 5.41) is 0.796. The van der Waals surface area contributed by atoms with Gasteiger partial charge < -0.3 is 5.73 Å². The molecule has 0 aliphatic carbocycles. The van der Waals surface area contributed by atoms with Crippen LogP contribution in [0.5, 0.6) is 0 Å². The van der Waals surface area contributed by atoms with Crippen molar-refractivity contribution in [1.82, 2.24) is 4.90 Å². The fourth-order valence-corrected chi connectivity index (χ4v) is 3.18. The van der Waals surface area contributed by atoms with Crippen LogP contribution in [-0.2, 0) is 0 Å². The Hall–Kier alpha value is -0.570. The lowest BCUT2D eigenvalue weighted by Gasteiger charge is -2.31. The number of nitrogens with zero attached hydrogens (tertiary/aromatic N) is 1. The number of rotatable bonds is 4. The van der Waals surface area contributed by atoms with Crippen LogP contribution in [0.4, 0.5) is 0 Å². The molecule has 2 nitrogen and oxygen atoms in total. The molecule has 1 aromatic rings. The van der Waals surface area contributed by atoms with Gasteiger partial charge in [0.15, 0.2) is 0 Å². The molecule has 3 atom stereocenters. The fourth-order valence-electron chi connectivity index (χ4n) is 2.99. The number of likely N-dealkylation sites (tertiary alicyclic amines) is 1. The Morgan fingerprint density at radius 2 is 2.28 bits per heavy atom. The van der Waals surface area contributed by atoms with Crippen molar-refractivity contribution < 1.29 is 0 Å². The minimum Gasteiger partial charge on any atom is -0.326 e. The van der Waals surface area contributed by atoms with Crippen molar-refractivity contribution in [2.24, 2.45) is 11.7 Å². The highest BCUT2D eigenvalue weighted by atomic mass is 35.5. The molecule has 1 aliphatic rings. The molecule has 0 spiro atoms. The molecule has 1 aliphatic heterocycles. The Labute approximate surface area is 115 Å². The molecule has 0 amide bonds. The van der Waals surface area contributed by atoms with Crippen LogP contribution in [0.15, 0.2) is 24.3 Å². The Balaban J connectivity index is 2.19. The Morgan fingerprint density at radius 3 is 2.83 bits per heavy atom. The molecule has 1 aromatic carbocycles. The quantitative estimate of drug-likeness (QED) is 0.904. The van der Waals surface area contributed by atoms with E-state index in [-0.39, 0.29) is 6.04 Å². The van der Waals surface area contributed by atoms with Crippen LogP contribution in [0, 0.1) is 5.92 Å². The number of hydrogen-bond donors (Lipinski definition) is 1. The van der Waals surface area contributed by atoms with Gasteiger partial charge in [-0.05, 0) is 43.5 Å². The summed E-state index contributed by atoms with van der Waals surface area (Å²) in [6, 6.07) is 8.54. The van der Waals surface area contributed by atoms with Crippen molar-refractivity contribution in [2.45, 2.75) is 38.8 Å². The minimum atomic E-state index is 0.124. The molecule has 1 heterocycles. The summed E-state index contributed by atoms with van der Waals surface area (Å²) >= 11 is 6.10. The first-order valence-corrected chi connectivity index (χ1v) is 7.24. The molecule has 0 bridgehead atoms. The van der Waals surface area contributed by atoms with Gasteiger partial charge in [-0.25, -0.2) is 0 Å². The van der Waals surface area contributed by atoms with Gasteiger partial charge in [0.05, 0.1) is 0 Å². The number of nitrogens with two attached hydrogens (primary N) is 1. The topological polar surface area (TPSA) is 29.3 Å². The average molecular weight is 267 g/mol. The van der Waals surface area contributed by atoms with Crippen molar-refractivity contribution in [1.29, 1.82) is 0 Å². The minimum absolute atomic E-state index is 0.124. The second-order valence-corrected chi connectivity index (χ2v) is 5.85. The van der Waals surface area contributed by atoms with Gasteiger partial charge in [-0.1, -0.05) is 37.1 Å². The first-order chi connectivity index (χ1) is 8.61. The van der Waals surface area contributed by atoms with Crippen molar-refractivity contribution in [3.05, 3.63) is 34.9 Å². The largest absolute Gasteiger partial charge is 0.326 e. The third-order valence-corrected chi connectivity index (χ3v) is 4.21. The smallest absolute Gasteiger partial charge is 0.0497 e. The highest BCUT2D eigenvalue weighted by Gasteiger charge is 2.30. The lowest BCUT2D eigenvalue weighted by Crippen LogP contribution is -2.38. The van der Waals surface area contributed by atoms with Gasteiger partial charge in [-0.15, -0.1) is 0 Å². The van der Waals surface area contributed by atoms with Gasteiger partial charge in [-0.3, -0.25) is 4.90 Å². The molecule has 2 rings (SSSR count). The zero-order valence-corrected chi connectivity index (χ0v) is 12.0. The van der Waals surface area contributed by atoms with E-state index in [9.17, 15) is 0 Å². The first-order valence-electron chi connectivity index (χ1n) is 6.87. The maximum Gasteiger partial charge on any atom is 0.0497 e. The van der Waals surface area contributed by atoms with Crippen LogP contribution in [0.25, 0.3) is 0 Å². The van der Waals surface area contributed by atoms with Crippen molar-refractivity contribution in [3.63, 3.8) is 0 Å². The lowest BCUT2D eigenvalue weighted by molar-refractivity contribution is 0.210. The molecule has 1 saturated heterocycles. The molecule has 2 N–H and O–H groups in total. The van der Waals surface area contributed by atoms with E-state index < -0.39 is 0 Å². The third kappa shape index (κ3) is 3.05. The second-order valence-electron chi connectivity index (χ2n) is 5.42. The summed E-state index contributed by atoms with van der Waals surface area (Å²) in [5.41, 5.74) is 7.45. The lowest BCUT2D eigenvalue weighted by atomic mass is 9.99. The van der Waals surface area contributed by atoms with Crippen molar-refractivity contribution in [3.8, 4) is 0 Å². The van der Waals surface area contributed by atoms with Gasteiger partial charge >= 0.3 is 0 Å². The normalized spacial score (nSPS) is 24.1. The zero-order valence-electron chi connectivity index (χ0n) is 11.3. The SMILES string of the molecule is CCC1CCN(C(c2cccc(Cl)c2)C(C)N)C1. The van der Waals surface area contributed by atoms with E-state index in [4.69, 9.17) is 17.3 Å². The predicted octanol–water partition coefficient (Wildman–Crippen LogP) is 3.46. The highest BCUT2D eigenvalue weighted by molar-refractivity contribution is 6.30.